The summed E-state index contributed by atoms with van der Waals surface area (Å²) in [6.45, 7) is 6.73. The molecule has 3 heterocycles. The predicted molar refractivity (Wildman–Crippen MR) is 131 cm³/mol. The van der Waals surface area contributed by atoms with E-state index in [0.29, 0.717) is 35.1 Å². The van der Waals surface area contributed by atoms with Gasteiger partial charge in [0.1, 0.15) is 10.3 Å². The lowest BCUT2D eigenvalue weighted by Crippen LogP contribution is -2.47. The summed E-state index contributed by atoms with van der Waals surface area (Å²) in [4.78, 5) is 18.3. The van der Waals surface area contributed by atoms with Crippen LogP contribution in [0.25, 0.3) is 10.2 Å². The lowest BCUT2D eigenvalue weighted by atomic mass is 10.0. The molecule has 170 valence electrons. The zero-order valence-corrected chi connectivity index (χ0v) is 20.9. The topological polar surface area (TPSA) is 71.7 Å². The van der Waals surface area contributed by atoms with E-state index in [4.69, 9.17) is 11.6 Å². The lowest BCUT2D eigenvalue weighted by Gasteiger charge is -2.31. The van der Waals surface area contributed by atoms with Crippen molar-refractivity contribution in [3.63, 3.8) is 0 Å². The standard InChI is InChI=1S/C22H24ClN3O3S3/c1-3-12-25-16-9-8-15(4-2)14-18(16)30-22(25)24-21(27)17-7-5-6-13-26(17)32(28,29)20-11-10-19(23)31-20/h3,8-11,14,17H,1,4-7,12-13H2,2H3. The van der Waals surface area contributed by atoms with E-state index in [0.717, 1.165) is 34.4 Å². The van der Waals surface area contributed by atoms with Gasteiger partial charge in [-0.1, -0.05) is 48.4 Å². The van der Waals surface area contributed by atoms with E-state index in [1.54, 1.807) is 12.1 Å². The van der Waals surface area contributed by atoms with Crippen LogP contribution in [0.2, 0.25) is 4.34 Å². The van der Waals surface area contributed by atoms with Crippen LogP contribution in [-0.4, -0.2) is 35.8 Å². The zero-order chi connectivity index (χ0) is 22.9. The number of aryl methyl sites for hydroxylation is 1. The number of amides is 1. The molecule has 1 aliphatic rings. The molecule has 1 atom stereocenters. The molecule has 1 unspecified atom stereocenters. The molecule has 1 aromatic carbocycles. The van der Waals surface area contributed by atoms with Crippen LogP contribution in [0.3, 0.4) is 0 Å². The second kappa shape index (κ2) is 9.61. The third kappa shape index (κ3) is 4.49. The number of carbonyl (C=O) groups is 1. The summed E-state index contributed by atoms with van der Waals surface area (Å²) in [5, 5.41) is 0. The van der Waals surface area contributed by atoms with Gasteiger partial charge in [0.15, 0.2) is 4.80 Å². The van der Waals surface area contributed by atoms with Gasteiger partial charge in [-0.2, -0.15) is 9.30 Å². The number of fused-ring (bicyclic) bond motifs is 1. The van der Waals surface area contributed by atoms with E-state index >= 15 is 0 Å². The molecule has 0 bridgehead atoms. The summed E-state index contributed by atoms with van der Waals surface area (Å²) < 4.78 is 31.3. The third-order valence-corrected chi connectivity index (χ3v) is 10.2. The molecule has 2 aromatic heterocycles. The monoisotopic (exact) mass is 509 g/mol. The number of carbonyl (C=O) groups excluding carboxylic acids is 1. The molecular weight excluding hydrogens is 486 g/mol. The van der Waals surface area contributed by atoms with Gasteiger partial charge in [-0.05, 0) is 49.1 Å². The molecule has 32 heavy (non-hydrogen) atoms. The number of sulfonamides is 1. The first-order chi connectivity index (χ1) is 15.3. The second-order valence-electron chi connectivity index (χ2n) is 7.58. The molecule has 0 spiro atoms. The van der Waals surface area contributed by atoms with Gasteiger partial charge in [0.2, 0.25) is 0 Å². The van der Waals surface area contributed by atoms with Gasteiger partial charge >= 0.3 is 0 Å². The Kier molecular flexibility index (Phi) is 7.02. The van der Waals surface area contributed by atoms with Crippen LogP contribution in [0.4, 0.5) is 0 Å². The molecule has 0 radical (unpaired) electrons. The lowest BCUT2D eigenvalue weighted by molar-refractivity contribution is -0.122. The van der Waals surface area contributed by atoms with E-state index in [1.165, 1.54) is 27.3 Å². The molecule has 0 N–H and O–H groups in total. The normalized spacial score (nSPS) is 18.3. The number of piperidine rings is 1. The number of aromatic nitrogens is 1. The number of halogens is 1. The van der Waals surface area contributed by atoms with Gasteiger partial charge in [-0.3, -0.25) is 4.79 Å². The number of rotatable bonds is 6. The van der Waals surface area contributed by atoms with Crippen LogP contribution in [-0.2, 0) is 27.8 Å². The van der Waals surface area contributed by atoms with Gasteiger partial charge in [0.05, 0.1) is 14.6 Å². The van der Waals surface area contributed by atoms with Crippen LogP contribution in [0.5, 0.6) is 0 Å². The highest BCUT2D eigenvalue weighted by atomic mass is 35.5. The quantitative estimate of drug-likeness (QED) is 0.446. The van der Waals surface area contributed by atoms with E-state index in [2.05, 4.69) is 30.6 Å². The molecule has 0 aliphatic carbocycles. The van der Waals surface area contributed by atoms with E-state index in [1.807, 2.05) is 10.6 Å². The van der Waals surface area contributed by atoms with Crippen LogP contribution in [0, 0.1) is 0 Å². The van der Waals surface area contributed by atoms with Gasteiger partial charge in [0.25, 0.3) is 15.9 Å². The van der Waals surface area contributed by atoms with E-state index in [-0.39, 0.29) is 4.21 Å². The predicted octanol–water partition coefficient (Wildman–Crippen LogP) is 4.84. The largest absolute Gasteiger partial charge is 0.313 e. The fraction of sp³-hybridized carbons (Fsp3) is 0.364. The van der Waals surface area contributed by atoms with Crippen molar-refractivity contribution in [1.82, 2.24) is 8.87 Å². The summed E-state index contributed by atoms with van der Waals surface area (Å²) in [5.41, 5.74) is 2.20. The van der Waals surface area contributed by atoms with Gasteiger partial charge in [0, 0.05) is 13.1 Å². The Morgan fingerprint density at radius 2 is 2.09 bits per heavy atom. The molecule has 3 aromatic rings. The number of benzene rings is 1. The van der Waals surface area contributed by atoms with Crippen molar-refractivity contribution in [3.05, 3.63) is 57.7 Å². The van der Waals surface area contributed by atoms with Gasteiger partial charge in [-0.15, -0.1) is 17.9 Å². The summed E-state index contributed by atoms with van der Waals surface area (Å²) in [6, 6.07) is 8.45. The van der Waals surface area contributed by atoms with Crippen LogP contribution < -0.4 is 4.80 Å². The first kappa shape index (κ1) is 23.4. The zero-order valence-electron chi connectivity index (χ0n) is 17.7. The minimum atomic E-state index is -3.81. The molecule has 0 saturated carbocycles. The van der Waals surface area contributed by atoms with Crippen molar-refractivity contribution in [2.75, 3.05) is 6.54 Å². The van der Waals surface area contributed by atoms with Crippen LogP contribution in [0.1, 0.15) is 31.7 Å². The van der Waals surface area contributed by atoms with Gasteiger partial charge < -0.3 is 4.57 Å². The highest BCUT2D eigenvalue weighted by Crippen LogP contribution is 2.32. The number of allylic oxidation sites excluding steroid dienone is 1. The van der Waals surface area contributed by atoms with E-state index in [9.17, 15) is 13.2 Å². The fourth-order valence-electron chi connectivity index (χ4n) is 3.89. The van der Waals surface area contributed by atoms with Crippen LogP contribution >= 0.6 is 34.3 Å². The summed E-state index contributed by atoms with van der Waals surface area (Å²) >= 11 is 8.40. The first-order valence-electron chi connectivity index (χ1n) is 10.4. The van der Waals surface area contributed by atoms with Crippen molar-refractivity contribution < 1.29 is 13.2 Å². The Bertz CT molecular complexity index is 1340. The molecular formula is C22H24ClN3O3S3. The number of hydrogen-bond donors (Lipinski definition) is 0. The van der Waals surface area contributed by atoms with Crippen molar-refractivity contribution in [1.29, 1.82) is 0 Å². The average molecular weight is 510 g/mol. The maximum atomic E-state index is 13.3. The molecule has 1 aliphatic heterocycles. The average Bonchev–Trinajstić information content (AvgIpc) is 3.37. The summed E-state index contributed by atoms with van der Waals surface area (Å²) in [7, 11) is -3.81. The number of thiophene rings is 1. The van der Waals surface area contributed by atoms with Crippen molar-refractivity contribution in [3.8, 4) is 0 Å². The van der Waals surface area contributed by atoms with Crippen molar-refractivity contribution in [2.45, 2.75) is 49.4 Å². The fourth-order valence-corrected chi connectivity index (χ4v) is 8.26. The second-order valence-corrected chi connectivity index (χ2v) is 12.4. The number of thiazole rings is 1. The number of nitrogens with zero attached hydrogens (tertiary/aromatic N) is 3. The third-order valence-electron chi connectivity index (χ3n) is 5.52. The highest BCUT2D eigenvalue weighted by molar-refractivity contribution is 7.91. The number of hydrogen-bond acceptors (Lipinski definition) is 5. The first-order valence-corrected chi connectivity index (χ1v) is 13.9. The van der Waals surface area contributed by atoms with E-state index < -0.39 is 22.0 Å². The molecule has 6 nitrogen and oxygen atoms in total. The maximum Gasteiger partial charge on any atom is 0.266 e. The molecule has 1 saturated heterocycles. The van der Waals surface area contributed by atoms with Crippen molar-refractivity contribution in [2.24, 2.45) is 4.99 Å². The summed E-state index contributed by atoms with van der Waals surface area (Å²) in [5.74, 6) is -0.434. The Morgan fingerprint density at radius 1 is 1.28 bits per heavy atom. The smallest absolute Gasteiger partial charge is 0.266 e. The Hall–Kier alpha value is -1.78. The summed E-state index contributed by atoms with van der Waals surface area (Å²) in [6.07, 6.45) is 4.62. The Morgan fingerprint density at radius 3 is 2.78 bits per heavy atom. The minimum absolute atomic E-state index is 0.151. The van der Waals surface area contributed by atoms with Gasteiger partial charge in [-0.25, -0.2) is 8.42 Å². The molecule has 4 rings (SSSR count). The SMILES string of the molecule is C=CCn1c(=NC(=O)C2CCCCN2S(=O)(=O)c2ccc(Cl)s2)sc2cc(CC)ccc21. The molecule has 1 amide bonds. The maximum absolute atomic E-state index is 13.3. The Labute approximate surface area is 200 Å². The Balaban J connectivity index is 1.75. The molecule has 10 heteroatoms. The highest BCUT2D eigenvalue weighted by Gasteiger charge is 2.38. The van der Waals surface area contributed by atoms with Crippen LogP contribution in [0.15, 0.2) is 52.2 Å². The minimum Gasteiger partial charge on any atom is -0.313 e. The van der Waals surface area contributed by atoms with Crippen molar-refractivity contribution >= 4 is 60.4 Å². The molecule has 1 fully saturated rings.